The molecule has 2 aliphatic rings. The molecular formula is C29H34N6O3S. The molecule has 1 saturated carbocycles. The van der Waals surface area contributed by atoms with E-state index in [4.69, 9.17) is 14.2 Å². The number of anilines is 1. The van der Waals surface area contributed by atoms with Crippen molar-refractivity contribution in [1.29, 1.82) is 0 Å². The van der Waals surface area contributed by atoms with Gasteiger partial charge in [-0.05, 0) is 62.8 Å². The van der Waals surface area contributed by atoms with Crippen LogP contribution in [0.15, 0.2) is 40.9 Å². The fourth-order valence-electron chi connectivity index (χ4n) is 5.03. The lowest BCUT2D eigenvalue weighted by Crippen LogP contribution is -2.38. The van der Waals surface area contributed by atoms with E-state index in [1.54, 1.807) is 0 Å². The third-order valence-corrected chi connectivity index (χ3v) is 8.64. The quantitative estimate of drug-likeness (QED) is 0.274. The van der Waals surface area contributed by atoms with Gasteiger partial charge in [-0.15, -0.1) is 0 Å². The Bertz CT molecular complexity index is 1450. The topological polar surface area (TPSA) is 97.5 Å². The number of thiazole rings is 1. The zero-order valence-corrected chi connectivity index (χ0v) is 23.6. The molecule has 3 aromatic heterocycles. The molecule has 1 aliphatic carbocycles. The average molecular weight is 547 g/mol. The SMILES string of the molecule is CC(C)c1noc(N2CCC(C(C)Oc3nc4ccc(-c5ccc(C(=O)N(C)C6CC6)cc5)nc4s3)CC2)n1. The first-order valence-electron chi connectivity index (χ1n) is 13.8. The second-order valence-electron chi connectivity index (χ2n) is 11.0. The largest absolute Gasteiger partial charge is 0.467 e. The molecule has 10 heteroatoms. The van der Waals surface area contributed by atoms with Crippen LogP contribution in [0.4, 0.5) is 6.01 Å². The lowest BCUT2D eigenvalue weighted by Gasteiger charge is -2.33. The molecule has 4 aromatic rings. The molecule has 4 heterocycles. The Morgan fingerprint density at radius 3 is 2.44 bits per heavy atom. The number of piperidine rings is 1. The first-order chi connectivity index (χ1) is 18.9. The summed E-state index contributed by atoms with van der Waals surface area (Å²) in [4.78, 5) is 31.6. The van der Waals surface area contributed by atoms with Gasteiger partial charge in [0.2, 0.25) is 0 Å². The lowest BCUT2D eigenvalue weighted by atomic mass is 9.92. The molecule has 0 bridgehead atoms. The van der Waals surface area contributed by atoms with Crippen molar-refractivity contribution in [3.63, 3.8) is 0 Å². The number of hydrogen-bond donors (Lipinski definition) is 0. The number of pyridine rings is 1. The Morgan fingerprint density at radius 1 is 1.03 bits per heavy atom. The van der Waals surface area contributed by atoms with Crippen molar-refractivity contribution in [2.24, 2.45) is 5.92 Å². The summed E-state index contributed by atoms with van der Waals surface area (Å²) in [6, 6.07) is 12.7. The Kier molecular flexibility index (Phi) is 6.97. The third-order valence-electron chi connectivity index (χ3n) is 7.79. The maximum absolute atomic E-state index is 12.6. The number of ether oxygens (including phenoxy) is 1. The Hall–Kier alpha value is -3.53. The van der Waals surface area contributed by atoms with Gasteiger partial charge in [-0.2, -0.15) is 4.98 Å². The van der Waals surface area contributed by atoms with Crippen molar-refractivity contribution in [2.45, 2.75) is 64.5 Å². The predicted octanol–water partition coefficient (Wildman–Crippen LogP) is 5.78. The first kappa shape index (κ1) is 25.7. The van der Waals surface area contributed by atoms with E-state index >= 15 is 0 Å². The summed E-state index contributed by atoms with van der Waals surface area (Å²) in [5, 5.41) is 4.74. The number of amides is 1. The Balaban J connectivity index is 1.07. The van der Waals surface area contributed by atoms with Crippen molar-refractivity contribution >= 4 is 33.6 Å². The van der Waals surface area contributed by atoms with Gasteiger partial charge in [0.05, 0.1) is 5.69 Å². The molecule has 1 aliphatic heterocycles. The normalized spacial score (nSPS) is 17.1. The van der Waals surface area contributed by atoms with Gasteiger partial charge < -0.3 is 19.1 Å². The number of rotatable bonds is 8. The molecule has 1 amide bonds. The maximum atomic E-state index is 12.6. The lowest BCUT2D eigenvalue weighted by molar-refractivity contribution is 0.0785. The fourth-order valence-corrected chi connectivity index (χ4v) is 5.90. The van der Waals surface area contributed by atoms with Crippen LogP contribution in [-0.4, -0.2) is 63.2 Å². The number of benzene rings is 1. The number of fused-ring (bicyclic) bond motifs is 1. The highest BCUT2D eigenvalue weighted by atomic mass is 32.1. The van der Waals surface area contributed by atoms with Crippen LogP contribution < -0.4 is 9.64 Å². The number of aromatic nitrogens is 4. The van der Waals surface area contributed by atoms with E-state index < -0.39 is 0 Å². The van der Waals surface area contributed by atoms with E-state index in [1.165, 1.54) is 11.3 Å². The monoisotopic (exact) mass is 546 g/mol. The van der Waals surface area contributed by atoms with Crippen LogP contribution in [0.25, 0.3) is 21.6 Å². The minimum Gasteiger partial charge on any atom is -0.467 e. The molecule has 1 unspecified atom stereocenters. The Morgan fingerprint density at radius 2 is 1.77 bits per heavy atom. The van der Waals surface area contributed by atoms with E-state index in [0.29, 0.717) is 28.7 Å². The van der Waals surface area contributed by atoms with Crippen LogP contribution in [0.2, 0.25) is 0 Å². The summed E-state index contributed by atoms with van der Waals surface area (Å²) < 4.78 is 11.8. The molecule has 1 atom stereocenters. The van der Waals surface area contributed by atoms with Gasteiger partial charge in [0.1, 0.15) is 16.5 Å². The average Bonchev–Trinajstić information content (AvgIpc) is 3.53. The molecule has 204 valence electrons. The van der Waals surface area contributed by atoms with Crippen LogP contribution in [0.1, 0.15) is 68.6 Å². The van der Waals surface area contributed by atoms with Crippen molar-refractivity contribution in [3.8, 4) is 16.5 Å². The molecule has 0 spiro atoms. The fraction of sp³-hybridized carbons (Fsp3) is 0.483. The summed E-state index contributed by atoms with van der Waals surface area (Å²) in [5.74, 6) is 1.50. The van der Waals surface area contributed by atoms with Gasteiger partial charge in [-0.3, -0.25) is 4.79 Å². The summed E-state index contributed by atoms with van der Waals surface area (Å²) in [7, 11) is 1.88. The maximum Gasteiger partial charge on any atom is 0.324 e. The van der Waals surface area contributed by atoms with E-state index in [-0.39, 0.29) is 17.9 Å². The Labute approximate surface area is 232 Å². The summed E-state index contributed by atoms with van der Waals surface area (Å²) >= 11 is 1.47. The predicted molar refractivity (Wildman–Crippen MR) is 151 cm³/mol. The highest BCUT2D eigenvalue weighted by molar-refractivity contribution is 7.19. The summed E-state index contributed by atoms with van der Waals surface area (Å²) in [6.07, 6.45) is 4.22. The number of hydrogen-bond acceptors (Lipinski definition) is 9. The summed E-state index contributed by atoms with van der Waals surface area (Å²) in [5.41, 5.74) is 3.37. The van der Waals surface area contributed by atoms with Crippen LogP contribution in [-0.2, 0) is 0 Å². The number of carbonyl (C=O) groups is 1. The standard InChI is InChI=1S/C29H34N6O3S/c1-17(2)25-32-28(38-33-25)35-15-13-19(14-16-35)18(3)37-29-31-24-12-11-23(30-26(24)39-29)20-5-7-21(8-6-20)27(36)34(4)22-9-10-22/h5-8,11-12,17-19,22H,9-10,13-16H2,1-4H3. The third kappa shape index (κ3) is 5.48. The molecule has 1 aromatic carbocycles. The molecular weight excluding hydrogens is 512 g/mol. The molecule has 6 rings (SSSR count). The minimum atomic E-state index is 0.0416. The van der Waals surface area contributed by atoms with E-state index in [2.05, 4.69) is 40.8 Å². The van der Waals surface area contributed by atoms with Gasteiger partial charge in [-0.25, -0.2) is 9.97 Å². The molecule has 0 N–H and O–H groups in total. The molecule has 2 fully saturated rings. The zero-order valence-electron chi connectivity index (χ0n) is 22.8. The van der Waals surface area contributed by atoms with E-state index in [0.717, 1.165) is 66.2 Å². The van der Waals surface area contributed by atoms with Crippen LogP contribution in [0, 0.1) is 5.92 Å². The number of carbonyl (C=O) groups excluding carboxylic acids is 1. The van der Waals surface area contributed by atoms with Crippen molar-refractivity contribution < 1.29 is 14.1 Å². The van der Waals surface area contributed by atoms with Gasteiger partial charge in [0.25, 0.3) is 11.1 Å². The van der Waals surface area contributed by atoms with Crippen molar-refractivity contribution in [1.82, 2.24) is 25.0 Å². The minimum absolute atomic E-state index is 0.0416. The molecule has 0 radical (unpaired) electrons. The first-order valence-corrected chi connectivity index (χ1v) is 14.6. The molecule has 9 nitrogen and oxygen atoms in total. The highest BCUT2D eigenvalue weighted by Gasteiger charge is 2.30. The molecule has 1 saturated heterocycles. The smallest absolute Gasteiger partial charge is 0.324 e. The van der Waals surface area contributed by atoms with Crippen LogP contribution in [0.3, 0.4) is 0 Å². The van der Waals surface area contributed by atoms with Gasteiger partial charge >= 0.3 is 6.01 Å². The van der Waals surface area contributed by atoms with E-state index in [1.807, 2.05) is 48.3 Å². The van der Waals surface area contributed by atoms with Crippen molar-refractivity contribution in [3.05, 3.63) is 47.8 Å². The zero-order chi connectivity index (χ0) is 27.1. The highest BCUT2D eigenvalue weighted by Crippen LogP contribution is 2.33. The van der Waals surface area contributed by atoms with Gasteiger partial charge in [-0.1, -0.05) is 42.5 Å². The summed E-state index contributed by atoms with van der Waals surface area (Å²) in [6.45, 7) is 7.98. The molecule has 39 heavy (non-hydrogen) atoms. The second kappa shape index (κ2) is 10.6. The van der Waals surface area contributed by atoms with Gasteiger partial charge in [0, 0.05) is 43.2 Å². The van der Waals surface area contributed by atoms with E-state index in [9.17, 15) is 4.79 Å². The number of nitrogens with zero attached hydrogens (tertiary/aromatic N) is 6. The second-order valence-corrected chi connectivity index (χ2v) is 11.9. The van der Waals surface area contributed by atoms with Gasteiger partial charge in [0.15, 0.2) is 5.82 Å². The van der Waals surface area contributed by atoms with Crippen LogP contribution >= 0.6 is 11.3 Å². The van der Waals surface area contributed by atoms with Crippen LogP contribution in [0.5, 0.6) is 5.19 Å². The van der Waals surface area contributed by atoms with Crippen molar-refractivity contribution in [2.75, 3.05) is 25.0 Å².